The first-order chi connectivity index (χ1) is 12.1. The third-order valence-corrected chi connectivity index (χ3v) is 4.16. The lowest BCUT2D eigenvalue weighted by Gasteiger charge is -2.06. The number of pyridine rings is 1. The molecule has 6 nitrogen and oxygen atoms in total. The van der Waals surface area contributed by atoms with Crippen LogP contribution in [-0.2, 0) is 19.5 Å². The Morgan fingerprint density at radius 2 is 2.16 bits per heavy atom. The molecule has 0 atom stereocenters. The molecule has 0 aliphatic carbocycles. The molecule has 0 radical (unpaired) electrons. The largest absolute Gasteiger partial charge is 0.350 e. The molecular formula is C19H25N5O. The molecule has 0 aromatic carbocycles. The van der Waals surface area contributed by atoms with Crippen LogP contribution in [0.2, 0.25) is 0 Å². The number of rotatable bonds is 7. The van der Waals surface area contributed by atoms with Gasteiger partial charge in [0, 0.05) is 43.6 Å². The van der Waals surface area contributed by atoms with Crippen molar-refractivity contribution in [2.24, 2.45) is 5.92 Å². The first kappa shape index (κ1) is 17.2. The lowest BCUT2D eigenvalue weighted by molar-refractivity contribution is 0.0948. The highest BCUT2D eigenvalue weighted by Crippen LogP contribution is 2.20. The standard InChI is InChI=1S/C19H25N5O/c1-4-24-11-8-17(22-24)19(25)21-10-7-15-13-23(12-14(2)3)18-16(15)6-5-9-20-18/h5-6,8-9,11,13-14H,4,7,10,12H2,1-3H3,(H,21,25). The molecule has 6 heteroatoms. The number of hydrogen-bond donors (Lipinski definition) is 1. The summed E-state index contributed by atoms with van der Waals surface area (Å²) in [6.07, 6.45) is 6.58. The minimum absolute atomic E-state index is 0.128. The van der Waals surface area contributed by atoms with Crippen molar-refractivity contribution in [1.29, 1.82) is 0 Å². The molecule has 0 aliphatic rings. The molecule has 3 rings (SSSR count). The van der Waals surface area contributed by atoms with E-state index < -0.39 is 0 Å². The Morgan fingerprint density at radius 1 is 1.32 bits per heavy atom. The number of aromatic nitrogens is 4. The quantitative estimate of drug-likeness (QED) is 0.720. The van der Waals surface area contributed by atoms with Gasteiger partial charge < -0.3 is 9.88 Å². The van der Waals surface area contributed by atoms with E-state index in [0.29, 0.717) is 18.2 Å². The van der Waals surface area contributed by atoms with Crippen molar-refractivity contribution in [2.45, 2.75) is 40.3 Å². The van der Waals surface area contributed by atoms with Crippen LogP contribution in [0, 0.1) is 5.92 Å². The van der Waals surface area contributed by atoms with Crippen LogP contribution in [0.3, 0.4) is 0 Å². The average molecular weight is 339 g/mol. The van der Waals surface area contributed by atoms with Crippen LogP contribution in [0.25, 0.3) is 11.0 Å². The molecule has 1 amide bonds. The van der Waals surface area contributed by atoms with Crippen LogP contribution >= 0.6 is 0 Å². The first-order valence-electron chi connectivity index (χ1n) is 8.83. The highest BCUT2D eigenvalue weighted by Gasteiger charge is 2.12. The van der Waals surface area contributed by atoms with Crippen molar-refractivity contribution in [3.05, 3.63) is 48.0 Å². The number of amides is 1. The second-order valence-electron chi connectivity index (χ2n) is 6.64. The average Bonchev–Trinajstić information content (AvgIpc) is 3.20. The maximum Gasteiger partial charge on any atom is 0.271 e. The van der Waals surface area contributed by atoms with E-state index in [9.17, 15) is 4.79 Å². The molecule has 0 unspecified atom stereocenters. The fourth-order valence-corrected chi connectivity index (χ4v) is 2.99. The zero-order valence-electron chi connectivity index (χ0n) is 15.1. The summed E-state index contributed by atoms with van der Waals surface area (Å²) in [6, 6.07) is 5.80. The molecule has 3 aromatic heterocycles. The molecule has 3 heterocycles. The topological polar surface area (TPSA) is 64.7 Å². The summed E-state index contributed by atoms with van der Waals surface area (Å²) < 4.78 is 3.96. The van der Waals surface area contributed by atoms with Crippen LogP contribution in [0.4, 0.5) is 0 Å². The van der Waals surface area contributed by atoms with E-state index in [1.807, 2.05) is 25.4 Å². The van der Waals surface area contributed by atoms with E-state index in [1.54, 1.807) is 10.7 Å². The molecule has 0 saturated heterocycles. The summed E-state index contributed by atoms with van der Waals surface area (Å²) in [5.41, 5.74) is 2.69. The molecule has 0 aliphatic heterocycles. The maximum atomic E-state index is 12.2. The van der Waals surface area contributed by atoms with Gasteiger partial charge in [-0.2, -0.15) is 5.10 Å². The molecule has 132 valence electrons. The number of nitrogens with zero attached hydrogens (tertiary/aromatic N) is 4. The zero-order valence-corrected chi connectivity index (χ0v) is 15.1. The van der Waals surface area contributed by atoms with E-state index in [0.717, 1.165) is 30.5 Å². The fraction of sp³-hybridized carbons (Fsp3) is 0.421. The van der Waals surface area contributed by atoms with Gasteiger partial charge in [0.2, 0.25) is 0 Å². The molecule has 3 aromatic rings. The predicted octanol–water partition coefficient (Wildman–Crippen LogP) is 2.88. The lowest BCUT2D eigenvalue weighted by atomic mass is 10.1. The summed E-state index contributed by atoms with van der Waals surface area (Å²) in [7, 11) is 0. The van der Waals surface area contributed by atoms with Gasteiger partial charge >= 0.3 is 0 Å². The molecule has 1 N–H and O–H groups in total. The highest BCUT2D eigenvalue weighted by molar-refractivity contribution is 5.92. The van der Waals surface area contributed by atoms with Crippen LogP contribution in [0.5, 0.6) is 0 Å². The number of fused-ring (bicyclic) bond motifs is 1. The van der Waals surface area contributed by atoms with Gasteiger partial charge in [0.25, 0.3) is 5.91 Å². The Kier molecular flexibility index (Phi) is 5.16. The number of hydrogen-bond acceptors (Lipinski definition) is 3. The third kappa shape index (κ3) is 3.90. The molecule has 0 bridgehead atoms. The molecule has 25 heavy (non-hydrogen) atoms. The van der Waals surface area contributed by atoms with Gasteiger partial charge in [0.1, 0.15) is 11.3 Å². The van der Waals surface area contributed by atoms with Gasteiger partial charge in [0.15, 0.2) is 0 Å². The van der Waals surface area contributed by atoms with Crippen LogP contribution in [-0.4, -0.2) is 31.8 Å². The smallest absolute Gasteiger partial charge is 0.271 e. The van der Waals surface area contributed by atoms with E-state index in [-0.39, 0.29) is 5.91 Å². The Hall–Kier alpha value is -2.63. The Bertz CT molecular complexity index is 862. The summed E-state index contributed by atoms with van der Waals surface area (Å²) in [6.45, 7) is 8.67. The van der Waals surface area contributed by atoms with Gasteiger partial charge in [-0.3, -0.25) is 9.48 Å². The van der Waals surface area contributed by atoms with Crippen molar-refractivity contribution in [1.82, 2.24) is 24.6 Å². The summed E-state index contributed by atoms with van der Waals surface area (Å²) in [4.78, 5) is 16.7. The lowest BCUT2D eigenvalue weighted by Crippen LogP contribution is -2.26. The Labute approximate surface area is 147 Å². The van der Waals surface area contributed by atoms with E-state index in [2.05, 4.69) is 46.1 Å². The molecule has 0 saturated carbocycles. The van der Waals surface area contributed by atoms with Gasteiger partial charge in [0.05, 0.1) is 0 Å². The van der Waals surface area contributed by atoms with Crippen molar-refractivity contribution in [3.8, 4) is 0 Å². The molecule has 0 fully saturated rings. The van der Waals surface area contributed by atoms with E-state index >= 15 is 0 Å². The van der Waals surface area contributed by atoms with Gasteiger partial charge in [-0.05, 0) is 43.0 Å². The third-order valence-electron chi connectivity index (χ3n) is 4.16. The Balaban J connectivity index is 1.67. The monoisotopic (exact) mass is 339 g/mol. The first-order valence-corrected chi connectivity index (χ1v) is 8.83. The van der Waals surface area contributed by atoms with Crippen LogP contribution in [0.15, 0.2) is 36.8 Å². The van der Waals surface area contributed by atoms with Gasteiger partial charge in [-0.1, -0.05) is 13.8 Å². The van der Waals surface area contributed by atoms with Crippen LogP contribution in [0.1, 0.15) is 36.8 Å². The normalized spacial score (nSPS) is 11.4. The van der Waals surface area contributed by atoms with Crippen molar-refractivity contribution in [3.63, 3.8) is 0 Å². The SMILES string of the molecule is CCn1ccc(C(=O)NCCc2cn(CC(C)C)c3ncccc23)n1. The molecule has 0 spiro atoms. The number of carbonyl (C=O) groups excluding carboxylic acids is 1. The minimum atomic E-state index is -0.128. The number of nitrogens with one attached hydrogen (secondary N) is 1. The van der Waals surface area contributed by atoms with Crippen molar-refractivity contribution in [2.75, 3.05) is 6.54 Å². The highest BCUT2D eigenvalue weighted by atomic mass is 16.1. The van der Waals surface area contributed by atoms with Crippen molar-refractivity contribution >= 4 is 16.9 Å². The number of aryl methyl sites for hydroxylation is 1. The van der Waals surface area contributed by atoms with E-state index in [1.165, 1.54) is 5.56 Å². The molecular weight excluding hydrogens is 314 g/mol. The second-order valence-corrected chi connectivity index (χ2v) is 6.64. The van der Waals surface area contributed by atoms with Crippen LogP contribution < -0.4 is 5.32 Å². The summed E-state index contributed by atoms with van der Waals surface area (Å²) in [5, 5.41) is 8.35. The fourth-order valence-electron chi connectivity index (χ4n) is 2.99. The summed E-state index contributed by atoms with van der Waals surface area (Å²) >= 11 is 0. The van der Waals surface area contributed by atoms with Gasteiger partial charge in [-0.25, -0.2) is 4.98 Å². The maximum absolute atomic E-state index is 12.2. The van der Waals surface area contributed by atoms with E-state index in [4.69, 9.17) is 0 Å². The van der Waals surface area contributed by atoms with Gasteiger partial charge in [-0.15, -0.1) is 0 Å². The second kappa shape index (κ2) is 7.51. The summed E-state index contributed by atoms with van der Waals surface area (Å²) in [5.74, 6) is 0.426. The number of carbonyl (C=O) groups is 1. The predicted molar refractivity (Wildman–Crippen MR) is 98.5 cm³/mol. The minimum Gasteiger partial charge on any atom is -0.350 e. The van der Waals surface area contributed by atoms with Crippen molar-refractivity contribution < 1.29 is 4.79 Å². The zero-order chi connectivity index (χ0) is 17.8. The Morgan fingerprint density at radius 3 is 2.88 bits per heavy atom.